The van der Waals surface area contributed by atoms with Crippen LogP contribution in [-0.4, -0.2) is 12.1 Å². The Morgan fingerprint density at radius 1 is 1.32 bits per heavy atom. The van der Waals surface area contributed by atoms with Crippen LogP contribution in [0.5, 0.6) is 5.75 Å². The van der Waals surface area contributed by atoms with Gasteiger partial charge < -0.3 is 10.5 Å². The third-order valence-electron chi connectivity index (χ3n) is 3.44. The van der Waals surface area contributed by atoms with Crippen molar-refractivity contribution in [3.8, 4) is 5.75 Å². The topological polar surface area (TPSA) is 48.1 Å². The second-order valence-corrected chi connectivity index (χ2v) is 6.09. The smallest absolute Gasteiger partial charge is 0.118 e. The summed E-state index contributed by atoms with van der Waals surface area (Å²) in [5.41, 5.74) is 8.34. The van der Waals surface area contributed by atoms with Crippen LogP contribution >= 0.6 is 11.3 Å². The number of ether oxygens (including phenoxy) is 1. The minimum absolute atomic E-state index is 0.617. The normalized spacial score (nSPS) is 14.6. The summed E-state index contributed by atoms with van der Waals surface area (Å²) < 4.78 is 5.17. The molecule has 3 nitrogen and oxygen atoms in total. The molecule has 0 aliphatic heterocycles. The van der Waals surface area contributed by atoms with Gasteiger partial charge in [-0.3, -0.25) is 0 Å². The molecule has 19 heavy (non-hydrogen) atoms. The average molecular weight is 274 g/mol. The average Bonchev–Trinajstić information content (AvgIpc) is 3.21. The van der Waals surface area contributed by atoms with E-state index in [9.17, 15) is 0 Å². The largest absolute Gasteiger partial charge is 0.497 e. The van der Waals surface area contributed by atoms with Gasteiger partial charge in [0, 0.05) is 23.8 Å². The van der Waals surface area contributed by atoms with Crippen LogP contribution in [0.2, 0.25) is 0 Å². The predicted molar refractivity (Wildman–Crippen MR) is 77.8 cm³/mol. The Bertz CT molecular complexity index is 558. The number of hydrogen-bond donors (Lipinski definition) is 1. The van der Waals surface area contributed by atoms with Crippen molar-refractivity contribution >= 4 is 11.3 Å². The molecule has 0 atom stereocenters. The zero-order chi connectivity index (χ0) is 13.2. The van der Waals surface area contributed by atoms with E-state index < -0.39 is 0 Å². The van der Waals surface area contributed by atoms with Crippen molar-refractivity contribution in [2.75, 3.05) is 7.11 Å². The minimum Gasteiger partial charge on any atom is -0.497 e. The van der Waals surface area contributed by atoms with Crippen molar-refractivity contribution in [3.05, 3.63) is 45.4 Å². The first-order chi connectivity index (χ1) is 9.30. The van der Waals surface area contributed by atoms with Gasteiger partial charge in [-0.05, 0) is 30.5 Å². The van der Waals surface area contributed by atoms with Crippen molar-refractivity contribution < 1.29 is 4.74 Å². The molecular weight excluding hydrogens is 256 g/mol. The maximum absolute atomic E-state index is 5.81. The first-order valence-corrected chi connectivity index (χ1v) is 7.43. The molecule has 1 aromatic carbocycles. The summed E-state index contributed by atoms with van der Waals surface area (Å²) in [5, 5.41) is 1.17. The van der Waals surface area contributed by atoms with Gasteiger partial charge in [-0.1, -0.05) is 12.1 Å². The van der Waals surface area contributed by atoms with Crippen molar-refractivity contribution in [1.82, 2.24) is 4.98 Å². The first-order valence-electron chi connectivity index (χ1n) is 6.61. The van der Waals surface area contributed by atoms with Gasteiger partial charge in [-0.25, -0.2) is 4.98 Å². The van der Waals surface area contributed by atoms with Crippen LogP contribution in [0.15, 0.2) is 24.3 Å². The van der Waals surface area contributed by atoms with E-state index >= 15 is 0 Å². The highest BCUT2D eigenvalue weighted by Gasteiger charge is 2.29. The van der Waals surface area contributed by atoms with Crippen LogP contribution in [0.1, 0.15) is 39.9 Å². The molecule has 1 aromatic heterocycles. The van der Waals surface area contributed by atoms with E-state index in [1.807, 2.05) is 12.1 Å². The van der Waals surface area contributed by atoms with Crippen LogP contribution in [0.4, 0.5) is 0 Å². The van der Waals surface area contributed by atoms with E-state index in [0.717, 1.165) is 12.2 Å². The third kappa shape index (κ3) is 2.80. The van der Waals surface area contributed by atoms with Crippen molar-refractivity contribution in [2.45, 2.75) is 31.7 Å². The first kappa shape index (κ1) is 12.6. The molecule has 4 heteroatoms. The molecule has 0 amide bonds. The molecule has 1 heterocycles. The molecule has 0 bridgehead atoms. The number of aromatic nitrogens is 1. The lowest BCUT2D eigenvalue weighted by molar-refractivity contribution is 0.414. The molecule has 1 saturated carbocycles. The molecule has 0 radical (unpaired) electrons. The van der Waals surface area contributed by atoms with Crippen LogP contribution < -0.4 is 10.5 Å². The summed E-state index contributed by atoms with van der Waals surface area (Å²) in [5.74, 6) is 1.57. The summed E-state index contributed by atoms with van der Waals surface area (Å²) in [7, 11) is 1.69. The Labute approximate surface area is 117 Å². The molecule has 0 unspecified atom stereocenters. The fourth-order valence-electron chi connectivity index (χ4n) is 2.23. The lowest BCUT2D eigenvalue weighted by atomic mass is 10.1. The van der Waals surface area contributed by atoms with Gasteiger partial charge in [0.25, 0.3) is 0 Å². The molecule has 1 aliphatic rings. The van der Waals surface area contributed by atoms with E-state index in [1.54, 1.807) is 18.4 Å². The van der Waals surface area contributed by atoms with Gasteiger partial charge in [0.05, 0.1) is 17.8 Å². The molecule has 0 saturated heterocycles. The summed E-state index contributed by atoms with van der Waals surface area (Å²) in [6.07, 6.45) is 3.44. The summed E-state index contributed by atoms with van der Waals surface area (Å²) in [4.78, 5) is 6.06. The number of benzene rings is 1. The third-order valence-corrected chi connectivity index (χ3v) is 4.53. The van der Waals surface area contributed by atoms with Crippen LogP contribution in [-0.2, 0) is 13.0 Å². The van der Waals surface area contributed by atoms with Crippen LogP contribution in [0, 0.1) is 0 Å². The number of rotatable bonds is 5. The van der Waals surface area contributed by atoms with Gasteiger partial charge in [-0.15, -0.1) is 11.3 Å². The van der Waals surface area contributed by atoms with E-state index in [0.29, 0.717) is 12.5 Å². The monoisotopic (exact) mass is 274 g/mol. The van der Waals surface area contributed by atoms with Crippen LogP contribution in [0.3, 0.4) is 0 Å². The van der Waals surface area contributed by atoms with Gasteiger partial charge in [-0.2, -0.15) is 0 Å². The lowest BCUT2D eigenvalue weighted by Gasteiger charge is -2.01. The molecule has 0 spiro atoms. The van der Waals surface area contributed by atoms with E-state index in [2.05, 4.69) is 12.1 Å². The number of nitrogens with zero attached hydrogens (tertiary/aromatic N) is 1. The van der Waals surface area contributed by atoms with Gasteiger partial charge in [0.15, 0.2) is 0 Å². The van der Waals surface area contributed by atoms with Gasteiger partial charge in [0.2, 0.25) is 0 Å². The molecular formula is C15H18N2OS. The Hall–Kier alpha value is -1.39. The number of nitrogens with two attached hydrogens (primary N) is 1. The number of methoxy groups -OCH3 is 1. The second kappa shape index (κ2) is 5.31. The molecule has 1 aliphatic carbocycles. The zero-order valence-corrected chi connectivity index (χ0v) is 11.9. The fraction of sp³-hybridized carbons (Fsp3) is 0.400. The van der Waals surface area contributed by atoms with Crippen LogP contribution in [0.25, 0.3) is 0 Å². The van der Waals surface area contributed by atoms with Gasteiger partial charge >= 0.3 is 0 Å². The molecule has 3 rings (SSSR count). The standard InChI is InChI=1S/C15H18N2OS/c1-18-12-6-2-10(3-7-12)8-14-17-15(11-4-5-11)13(9-16)19-14/h2-3,6-7,11H,4-5,8-9,16H2,1H3. The van der Waals surface area contributed by atoms with Crippen molar-refractivity contribution in [3.63, 3.8) is 0 Å². The Morgan fingerprint density at radius 3 is 2.63 bits per heavy atom. The minimum atomic E-state index is 0.617. The highest BCUT2D eigenvalue weighted by molar-refractivity contribution is 7.11. The second-order valence-electron chi connectivity index (χ2n) is 4.92. The Morgan fingerprint density at radius 2 is 2.05 bits per heavy atom. The Balaban J connectivity index is 1.78. The van der Waals surface area contributed by atoms with Crippen molar-refractivity contribution in [1.29, 1.82) is 0 Å². The highest BCUT2D eigenvalue weighted by Crippen LogP contribution is 2.42. The van der Waals surface area contributed by atoms with E-state index in [-0.39, 0.29) is 0 Å². The lowest BCUT2D eigenvalue weighted by Crippen LogP contribution is -1.96. The molecule has 1 fully saturated rings. The maximum Gasteiger partial charge on any atom is 0.118 e. The van der Waals surface area contributed by atoms with E-state index in [4.69, 9.17) is 15.5 Å². The van der Waals surface area contributed by atoms with Crippen molar-refractivity contribution in [2.24, 2.45) is 5.73 Å². The number of hydrogen-bond acceptors (Lipinski definition) is 4. The SMILES string of the molecule is COc1ccc(Cc2nc(C3CC3)c(CN)s2)cc1. The summed E-state index contributed by atoms with van der Waals surface area (Å²) in [6.45, 7) is 0.617. The number of thiazole rings is 1. The summed E-state index contributed by atoms with van der Waals surface area (Å²) in [6, 6.07) is 8.18. The predicted octanol–water partition coefficient (Wildman–Crippen LogP) is 3.08. The maximum atomic E-state index is 5.81. The fourth-order valence-corrected chi connectivity index (χ4v) is 3.30. The Kier molecular flexibility index (Phi) is 3.53. The molecule has 100 valence electrons. The summed E-state index contributed by atoms with van der Waals surface area (Å²) >= 11 is 1.77. The van der Waals surface area contributed by atoms with Gasteiger partial charge in [0.1, 0.15) is 5.75 Å². The zero-order valence-electron chi connectivity index (χ0n) is 11.1. The van der Waals surface area contributed by atoms with E-state index in [1.165, 1.54) is 34.0 Å². The quantitative estimate of drug-likeness (QED) is 0.911. The molecule has 2 N–H and O–H groups in total. The highest BCUT2D eigenvalue weighted by atomic mass is 32.1. The molecule has 2 aromatic rings.